The monoisotopic (exact) mass is 252 g/mol. The van der Waals surface area contributed by atoms with E-state index < -0.39 is 0 Å². The second-order valence-electron chi connectivity index (χ2n) is 4.63. The lowest BCUT2D eigenvalue weighted by Gasteiger charge is -2.24. The summed E-state index contributed by atoms with van der Waals surface area (Å²) in [5.74, 6) is 0.298. The van der Waals surface area contributed by atoms with Gasteiger partial charge >= 0.3 is 0 Å². The molecule has 1 aromatic rings. The first-order valence-corrected chi connectivity index (χ1v) is 6.33. The molecule has 100 valence electrons. The molecule has 2 N–H and O–H groups in total. The molecule has 1 aromatic heterocycles. The second kappa shape index (κ2) is 5.97. The molecule has 0 radical (unpaired) electrons. The van der Waals surface area contributed by atoms with Crippen LogP contribution >= 0.6 is 0 Å². The van der Waals surface area contributed by atoms with Crippen LogP contribution in [0.3, 0.4) is 0 Å². The van der Waals surface area contributed by atoms with E-state index in [4.69, 9.17) is 5.11 Å². The quantitative estimate of drug-likeness (QED) is 0.748. The number of nitrogens with zero attached hydrogens (tertiary/aromatic N) is 3. The van der Waals surface area contributed by atoms with Crippen LogP contribution in [0.1, 0.15) is 23.5 Å². The minimum absolute atomic E-state index is 0.0249. The first kappa shape index (κ1) is 13.0. The van der Waals surface area contributed by atoms with Gasteiger partial charge in [-0.3, -0.25) is 4.79 Å². The molecular weight excluding hydrogens is 232 g/mol. The van der Waals surface area contributed by atoms with Crippen LogP contribution in [0.4, 0.5) is 0 Å². The zero-order valence-electron chi connectivity index (χ0n) is 10.7. The van der Waals surface area contributed by atoms with Gasteiger partial charge in [0.2, 0.25) is 0 Å². The van der Waals surface area contributed by atoms with Crippen molar-refractivity contribution in [2.75, 3.05) is 26.2 Å². The van der Waals surface area contributed by atoms with Gasteiger partial charge in [-0.05, 0) is 19.4 Å². The van der Waals surface area contributed by atoms with E-state index in [1.54, 1.807) is 28.9 Å². The molecule has 1 unspecified atom stereocenters. The molecule has 1 amide bonds. The Balaban J connectivity index is 2.04. The number of aryl methyl sites for hydroxylation is 1. The molecule has 1 aliphatic rings. The molecule has 0 bridgehead atoms. The van der Waals surface area contributed by atoms with Crippen molar-refractivity contribution in [2.24, 2.45) is 7.05 Å². The number of nitrogens with one attached hydrogen (secondary N) is 1. The smallest absolute Gasteiger partial charge is 0.289 e. The Bertz CT molecular complexity index is 399. The molecule has 1 atom stereocenters. The maximum atomic E-state index is 12.3. The maximum Gasteiger partial charge on any atom is 0.289 e. The highest BCUT2D eigenvalue weighted by atomic mass is 16.3. The van der Waals surface area contributed by atoms with Gasteiger partial charge in [-0.2, -0.15) is 0 Å². The number of hydrogen-bond acceptors (Lipinski definition) is 4. The van der Waals surface area contributed by atoms with Gasteiger partial charge < -0.3 is 19.9 Å². The highest BCUT2D eigenvalue weighted by molar-refractivity contribution is 5.90. The van der Waals surface area contributed by atoms with Gasteiger partial charge in [-0.15, -0.1) is 0 Å². The summed E-state index contributed by atoms with van der Waals surface area (Å²) in [6.45, 7) is 1.97. The number of aromatic nitrogens is 2. The normalized spacial score (nSPS) is 19.1. The number of rotatable bonds is 5. The predicted octanol–water partition coefficient (Wildman–Crippen LogP) is -0.393. The van der Waals surface area contributed by atoms with Gasteiger partial charge in [0.25, 0.3) is 5.91 Å². The molecule has 0 aliphatic carbocycles. The summed E-state index contributed by atoms with van der Waals surface area (Å²) in [6.07, 6.45) is 5.58. The molecular formula is C12H20N4O2. The molecule has 0 aromatic carbocycles. The van der Waals surface area contributed by atoms with Gasteiger partial charge in [0, 0.05) is 38.6 Å². The maximum absolute atomic E-state index is 12.3. The summed E-state index contributed by atoms with van der Waals surface area (Å²) in [4.78, 5) is 18.0. The Morgan fingerprint density at radius 2 is 2.56 bits per heavy atom. The van der Waals surface area contributed by atoms with Crippen LogP contribution in [-0.4, -0.2) is 57.7 Å². The largest absolute Gasteiger partial charge is 0.395 e. The number of amides is 1. The Morgan fingerprint density at radius 3 is 3.11 bits per heavy atom. The first-order valence-electron chi connectivity index (χ1n) is 6.33. The third kappa shape index (κ3) is 2.88. The zero-order valence-corrected chi connectivity index (χ0v) is 10.7. The molecule has 2 rings (SSSR count). The highest BCUT2D eigenvalue weighted by Gasteiger charge is 2.24. The number of carbonyl (C=O) groups excluding carboxylic acids is 1. The van der Waals surface area contributed by atoms with Crippen molar-refractivity contribution in [1.82, 2.24) is 19.8 Å². The molecule has 18 heavy (non-hydrogen) atoms. The summed E-state index contributed by atoms with van der Waals surface area (Å²) in [6, 6.07) is 0.334. The van der Waals surface area contributed by atoms with E-state index in [9.17, 15) is 4.79 Å². The summed E-state index contributed by atoms with van der Waals surface area (Å²) in [7, 11) is 1.80. The van der Waals surface area contributed by atoms with E-state index in [1.165, 1.54) is 0 Å². The van der Waals surface area contributed by atoms with Crippen LogP contribution in [-0.2, 0) is 7.05 Å². The Hall–Kier alpha value is -1.40. The van der Waals surface area contributed by atoms with Crippen LogP contribution in [0.5, 0.6) is 0 Å². The van der Waals surface area contributed by atoms with Crippen molar-refractivity contribution in [3.63, 3.8) is 0 Å². The van der Waals surface area contributed by atoms with E-state index in [1.807, 2.05) is 0 Å². The number of hydrogen-bond donors (Lipinski definition) is 2. The number of aliphatic hydroxyl groups is 1. The predicted molar refractivity (Wildman–Crippen MR) is 67.2 cm³/mol. The fourth-order valence-corrected chi connectivity index (χ4v) is 2.29. The molecule has 6 nitrogen and oxygen atoms in total. The SMILES string of the molecule is Cn1ccnc1C(=O)N(CCO)CC1CCCN1. The van der Waals surface area contributed by atoms with Gasteiger partial charge in [-0.25, -0.2) is 4.98 Å². The van der Waals surface area contributed by atoms with E-state index in [-0.39, 0.29) is 12.5 Å². The number of aliphatic hydroxyl groups excluding tert-OH is 1. The second-order valence-corrected chi connectivity index (χ2v) is 4.63. The van der Waals surface area contributed by atoms with Crippen LogP contribution in [0, 0.1) is 0 Å². The van der Waals surface area contributed by atoms with Crippen LogP contribution < -0.4 is 5.32 Å². The van der Waals surface area contributed by atoms with Crippen LogP contribution in [0.2, 0.25) is 0 Å². The van der Waals surface area contributed by atoms with Crippen molar-refractivity contribution in [3.05, 3.63) is 18.2 Å². The van der Waals surface area contributed by atoms with E-state index in [0.29, 0.717) is 25.0 Å². The number of imidazole rings is 1. The fraction of sp³-hybridized carbons (Fsp3) is 0.667. The Kier molecular flexibility index (Phi) is 4.33. The minimum Gasteiger partial charge on any atom is -0.395 e. The highest BCUT2D eigenvalue weighted by Crippen LogP contribution is 2.09. The third-order valence-corrected chi connectivity index (χ3v) is 3.27. The standard InChI is InChI=1S/C12H20N4O2/c1-15-6-5-14-11(15)12(18)16(7-8-17)9-10-3-2-4-13-10/h5-6,10,13,17H,2-4,7-9H2,1H3. The lowest BCUT2D eigenvalue weighted by Crippen LogP contribution is -2.43. The zero-order chi connectivity index (χ0) is 13.0. The van der Waals surface area contributed by atoms with Gasteiger partial charge in [-0.1, -0.05) is 0 Å². The first-order chi connectivity index (χ1) is 8.72. The van der Waals surface area contributed by atoms with Crippen molar-refractivity contribution in [3.8, 4) is 0 Å². The molecule has 6 heteroatoms. The van der Waals surface area contributed by atoms with Gasteiger partial charge in [0.1, 0.15) is 0 Å². The van der Waals surface area contributed by atoms with Crippen molar-refractivity contribution in [1.29, 1.82) is 0 Å². The van der Waals surface area contributed by atoms with Crippen LogP contribution in [0.15, 0.2) is 12.4 Å². The topological polar surface area (TPSA) is 70.4 Å². The lowest BCUT2D eigenvalue weighted by molar-refractivity contribution is 0.0690. The Labute approximate surface area is 107 Å². The van der Waals surface area contributed by atoms with E-state index in [2.05, 4.69) is 10.3 Å². The summed E-state index contributed by atoms with van der Waals surface area (Å²) in [5.41, 5.74) is 0. The molecule has 0 spiro atoms. The van der Waals surface area contributed by atoms with E-state index in [0.717, 1.165) is 19.4 Å². The average Bonchev–Trinajstić information content (AvgIpc) is 2.99. The van der Waals surface area contributed by atoms with Crippen molar-refractivity contribution < 1.29 is 9.90 Å². The van der Waals surface area contributed by atoms with E-state index >= 15 is 0 Å². The summed E-state index contributed by atoms with van der Waals surface area (Å²) < 4.78 is 1.70. The fourth-order valence-electron chi connectivity index (χ4n) is 2.29. The molecule has 1 fully saturated rings. The summed E-state index contributed by atoms with van der Waals surface area (Å²) in [5, 5.41) is 12.4. The van der Waals surface area contributed by atoms with Gasteiger partial charge in [0.15, 0.2) is 5.82 Å². The number of carbonyl (C=O) groups is 1. The van der Waals surface area contributed by atoms with Crippen LogP contribution in [0.25, 0.3) is 0 Å². The summed E-state index contributed by atoms with van der Waals surface area (Å²) >= 11 is 0. The van der Waals surface area contributed by atoms with Crippen molar-refractivity contribution in [2.45, 2.75) is 18.9 Å². The molecule has 1 saturated heterocycles. The Morgan fingerprint density at radius 1 is 1.72 bits per heavy atom. The third-order valence-electron chi connectivity index (χ3n) is 3.27. The van der Waals surface area contributed by atoms with Gasteiger partial charge in [0.05, 0.1) is 6.61 Å². The lowest BCUT2D eigenvalue weighted by atomic mass is 10.2. The molecule has 2 heterocycles. The van der Waals surface area contributed by atoms with Crippen molar-refractivity contribution >= 4 is 5.91 Å². The minimum atomic E-state index is -0.120. The molecule has 1 aliphatic heterocycles. The average molecular weight is 252 g/mol. The molecule has 0 saturated carbocycles.